The molecule has 0 radical (unpaired) electrons. The molecule has 2 saturated heterocycles. The number of likely N-dealkylation sites (tertiary alicyclic amines) is 2. The molecular formula is C19H34N2O2. The highest BCUT2D eigenvalue weighted by Gasteiger charge is 2.38. The second-order valence-electron chi connectivity index (χ2n) is 8.70. The minimum Gasteiger partial charge on any atom is -0.341 e. The molecule has 2 rings (SSSR count). The second kappa shape index (κ2) is 7.23. The molecule has 0 bridgehead atoms. The molecule has 23 heavy (non-hydrogen) atoms. The molecule has 0 aliphatic carbocycles. The molecule has 0 aromatic heterocycles. The summed E-state index contributed by atoms with van der Waals surface area (Å²) in [5.41, 5.74) is 0.307. The van der Waals surface area contributed by atoms with Crippen LogP contribution in [0.4, 0.5) is 0 Å². The molecule has 0 aromatic carbocycles. The second-order valence-corrected chi connectivity index (χ2v) is 8.70. The van der Waals surface area contributed by atoms with E-state index in [0.29, 0.717) is 17.8 Å². The summed E-state index contributed by atoms with van der Waals surface area (Å²) in [6, 6.07) is -0.267. The van der Waals surface area contributed by atoms with Crippen LogP contribution in [0.5, 0.6) is 0 Å². The fourth-order valence-corrected chi connectivity index (χ4v) is 4.11. The normalized spacial score (nSPS) is 25.0. The first-order valence-electron chi connectivity index (χ1n) is 9.30. The molecule has 0 unspecified atom stereocenters. The molecule has 2 fully saturated rings. The molecule has 2 atom stereocenters. The van der Waals surface area contributed by atoms with Crippen molar-refractivity contribution in [2.75, 3.05) is 19.6 Å². The van der Waals surface area contributed by atoms with E-state index in [2.05, 4.69) is 34.6 Å². The van der Waals surface area contributed by atoms with Crippen LogP contribution in [-0.4, -0.2) is 47.3 Å². The Morgan fingerprint density at radius 3 is 2.30 bits per heavy atom. The summed E-state index contributed by atoms with van der Waals surface area (Å²) < 4.78 is 0. The highest BCUT2D eigenvalue weighted by molar-refractivity contribution is 5.88. The van der Waals surface area contributed by atoms with E-state index in [0.717, 1.165) is 38.9 Å². The Morgan fingerprint density at radius 2 is 1.78 bits per heavy atom. The lowest BCUT2D eigenvalue weighted by molar-refractivity contribution is -0.145. The third kappa shape index (κ3) is 4.27. The van der Waals surface area contributed by atoms with Gasteiger partial charge in [0.2, 0.25) is 11.8 Å². The molecule has 0 aromatic rings. The fraction of sp³-hybridized carbons (Fsp3) is 0.895. The van der Waals surface area contributed by atoms with Crippen LogP contribution >= 0.6 is 0 Å². The van der Waals surface area contributed by atoms with Gasteiger partial charge in [-0.25, -0.2) is 0 Å². The van der Waals surface area contributed by atoms with Crippen molar-refractivity contribution in [1.82, 2.24) is 9.80 Å². The minimum absolute atomic E-state index is 0.152. The monoisotopic (exact) mass is 322 g/mol. The van der Waals surface area contributed by atoms with E-state index in [-0.39, 0.29) is 23.8 Å². The predicted molar refractivity (Wildman–Crippen MR) is 92.9 cm³/mol. The summed E-state index contributed by atoms with van der Waals surface area (Å²) in [4.78, 5) is 29.1. The van der Waals surface area contributed by atoms with Crippen molar-refractivity contribution in [3.8, 4) is 0 Å². The van der Waals surface area contributed by atoms with Crippen LogP contribution in [0, 0.1) is 17.3 Å². The van der Waals surface area contributed by atoms with Crippen molar-refractivity contribution < 1.29 is 9.59 Å². The van der Waals surface area contributed by atoms with Crippen LogP contribution < -0.4 is 0 Å². The molecule has 4 heteroatoms. The lowest BCUT2D eigenvalue weighted by atomic mass is 9.77. The number of amides is 2. The lowest BCUT2D eigenvalue weighted by Crippen LogP contribution is -2.52. The largest absolute Gasteiger partial charge is 0.341 e. The van der Waals surface area contributed by atoms with Crippen LogP contribution in [0.15, 0.2) is 0 Å². The Kier molecular flexibility index (Phi) is 5.74. The maximum absolute atomic E-state index is 13.1. The van der Waals surface area contributed by atoms with E-state index in [4.69, 9.17) is 0 Å². The predicted octanol–water partition coefficient (Wildman–Crippen LogP) is 3.31. The molecular weight excluding hydrogens is 288 g/mol. The number of hydrogen-bond acceptors (Lipinski definition) is 2. The third-order valence-corrected chi connectivity index (χ3v) is 5.59. The fourth-order valence-electron chi connectivity index (χ4n) is 4.11. The van der Waals surface area contributed by atoms with Crippen LogP contribution in [0.3, 0.4) is 0 Å². The smallest absolute Gasteiger partial charge is 0.245 e. The average Bonchev–Trinajstić information content (AvgIpc) is 2.73. The highest BCUT2D eigenvalue weighted by Crippen LogP contribution is 2.34. The van der Waals surface area contributed by atoms with Crippen LogP contribution in [0.25, 0.3) is 0 Å². The Bertz CT molecular complexity index is 439. The summed E-state index contributed by atoms with van der Waals surface area (Å²) in [6.45, 7) is 13.4. The van der Waals surface area contributed by atoms with E-state index in [1.807, 2.05) is 9.80 Å². The van der Waals surface area contributed by atoms with Crippen LogP contribution in [0.2, 0.25) is 0 Å². The van der Waals surface area contributed by atoms with E-state index in [1.165, 1.54) is 6.42 Å². The number of rotatable bonds is 3. The summed E-state index contributed by atoms with van der Waals surface area (Å²) in [5.74, 6) is 1.17. The topological polar surface area (TPSA) is 40.6 Å². The number of carbonyl (C=O) groups is 2. The Morgan fingerprint density at radius 1 is 1.09 bits per heavy atom. The molecule has 2 aliphatic rings. The van der Waals surface area contributed by atoms with Gasteiger partial charge in [-0.3, -0.25) is 9.59 Å². The van der Waals surface area contributed by atoms with E-state index >= 15 is 0 Å². The molecule has 0 spiro atoms. The van der Waals surface area contributed by atoms with Gasteiger partial charge in [-0.2, -0.15) is 0 Å². The van der Waals surface area contributed by atoms with E-state index < -0.39 is 0 Å². The van der Waals surface area contributed by atoms with Gasteiger partial charge in [-0.05, 0) is 42.9 Å². The average molecular weight is 322 g/mol. The number of carbonyl (C=O) groups excluding carboxylic acids is 2. The maximum atomic E-state index is 13.1. The molecule has 2 aliphatic heterocycles. The zero-order valence-corrected chi connectivity index (χ0v) is 15.6. The van der Waals surface area contributed by atoms with Gasteiger partial charge in [0.15, 0.2) is 0 Å². The first kappa shape index (κ1) is 18.3. The molecule has 0 saturated carbocycles. The van der Waals surface area contributed by atoms with Crippen molar-refractivity contribution in [2.24, 2.45) is 17.3 Å². The van der Waals surface area contributed by atoms with Gasteiger partial charge < -0.3 is 9.80 Å². The van der Waals surface area contributed by atoms with Crippen LogP contribution in [0.1, 0.15) is 66.7 Å². The van der Waals surface area contributed by atoms with Crippen LogP contribution in [-0.2, 0) is 9.59 Å². The van der Waals surface area contributed by atoms with Crippen molar-refractivity contribution in [2.45, 2.75) is 72.8 Å². The maximum Gasteiger partial charge on any atom is 0.245 e. The zero-order chi connectivity index (χ0) is 17.2. The standard InChI is InChI=1S/C19H34N2O2/c1-14(2)17(21-12-7-9-16(21)22)18(23)20-11-6-8-15(10-13-20)19(3,4)5/h14-15,17H,6-13H2,1-5H3/t15-,17+/m1/s1. The summed E-state index contributed by atoms with van der Waals surface area (Å²) in [7, 11) is 0. The molecule has 0 N–H and O–H groups in total. The first-order valence-corrected chi connectivity index (χ1v) is 9.30. The first-order chi connectivity index (χ1) is 10.7. The third-order valence-electron chi connectivity index (χ3n) is 5.59. The Labute approximate surface area is 141 Å². The van der Waals surface area contributed by atoms with Gasteiger partial charge in [0.25, 0.3) is 0 Å². The van der Waals surface area contributed by atoms with Gasteiger partial charge in [0, 0.05) is 26.1 Å². The highest BCUT2D eigenvalue weighted by atomic mass is 16.2. The Balaban J connectivity index is 2.07. The molecule has 2 amide bonds. The quantitative estimate of drug-likeness (QED) is 0.800. The lowest BCUT2D eigenvalue weighted by Gasteiger charge is -2.34. The summed E-state index contributed by atoms with van der Waals surface area (Å²) >= 11 is 0. The summed E-state index contributed by atoms with van der Waals surface area (Å²) in [6.07, 6.45) is 4.84. The summed E-state index contributed by atoms with van der Waals surface area (Å²) in [5, 5.41) is 0. The zero-order valence-electron chi connectivity index (χ0n) is 15.6. The van der Waals surface area contributed by atoms with E-state index in [9.17, 15) is 9.59 Å². The molecule has 2 heterocycles. The van der Waals surface area contributed by atoms with Crippen molar-refractivity contribution in [3.05, 3.63) is 0 Å². The van der Waals surface area contributed by atoms with Crippen molar-refractivity contribution >= 4 is 11.8 Å². The van der Waals surface area contributed by atoms with Crippen molar-refractivity contribution in [3.63, 3.8) is 0 Å². The minimum atomic E-state index is -0.267. The van der Waals surface area contributed by atoms with Gasteiger partial charge in [-0.15, -0.1) is 0 Å². The van der Waals surface area contributed by atoms with E-state index in [1.54, 1.807) is 0 Å². The molecule has 4 nitrogen and oxygen atoms in total. The SMILES string of the molecule is CC(C)[C@@H](C(=O)N1CCC[C@@H](C(C)(C)C)CC1)N1CCCC1=O. The molecule has 132 valence electrons. The number of nitrogens with zero attached hydrogens (tertiary/aromatic N) is 2. The van der Waals surface area contributed by atoms with Gasteiger partial charge in [0.1, 0.15) is 6.04 Å². The van der Waals surface area contributed by atoms with Gasteiger partial charge in [0.05, 0.1) is 0 Å². The Hall–Kier alpha value is -1.06. The number of hydrogen-bond donors (Lipinski definition) is 0. The van der Waals surface area contributed by atoms with Gasteiger partial charge >= 0.3 is 0 Å². The van der Waals surface area contributed by atoms with Gasteiger partial charge in [-0.1, -0.05) is 34.6 Å². The van der Waals surface area contributed by atoms with Crippen molar-refractivity contribution in [1.29, 1.82) is 0 Å².